The standard InChI is InChI=1S/C17H29N5O2/c1-12(2)15(22-10-13(3)24-14(4)11-22)16(23)18-8-9-21-17-19-6-5-7-20-17/h5-7,12-15H,8-11H2,1-4H3,(H,18,23)(H,19,20,21)/t13-,14+,15-/m0/s1. The number of nitrogens with zero attached hydrogens (tertiary/aromatic N) is 3. The molecular formula is C17H29N5O2. The summed E-state index contributed by atoms with van der Waals surface area (Å²) in [4.78, 5) is 23.1. The number of carbonyl (C=O) groups excluding carboxylic acids is 1. The molecule has 7 nitrogen and oxygen atoms in total. The van der Waals surface area contributed by atoms with Gasteiger partial charge in [-0.05, 0) is 25.8 Å². The lowest BCUT2D eigenvalue weighted by atomic mass is 9.99. The zero-order valence-corrected chi connectivity index (χ0v) is 15.0. The summed E-state index contributed by atoms with van der Waals surface area (Å²) in [5, 5.41) is 6.11. The number of rotatable bonds is 7. The molecule has 7 heteroatoms. The van der Waals surface area contributed by atoms with Gasteiger partial charge in [0.1, 0.15) is 0 Å². The van der Waals surface area contributed by atoms with Gasteiger partial charge >= 0.3 is 0 Å². The van der Waals surface area contributed by atoms with Crippen LogP contribution in [0.2, 0.25) is 0 Å². The van der Waals surface area contributed by atoms with Gasteiger partial charge in [-0.1, -0.05) is 13.8 Å². The molecule has 3 atom stereocenters. The van der Waals surface area contributed by atoms with Gasteiger partial charge in [0, 0.05) is 38.6 Å². The number of morpholine rings is 1. The summed E-state index contributed by atoms with van der Waals surface area (Å²) >= 11 is 0. The first-order valence-corrected chi connectivity index (χ1v) is 8.65. The van der Waals surface area contributed by atoms with Gasteiger partial charge in [0.2, 0.25) is 11.9 Å². The van der Waals surface area contributed by atoms with Crippen molar-refractivity contribution in [1.82, 2.24) is 20.2 Å². The van der Waals surface area contributed by atoms with Crippen molar-refractivity contribution < 1.29 is 9.53 Å². The van der Waals surface area contributed by atoms with Crippen molar-refractivity contribution in [3.8, 4) is 0 Å². The fourth-order valence-corrected chi connectivity index (χ4v) is 3.19. The molecule has 2 rings (SSSR count). The van der Waals surface area contributed by atoms with Crippen molar-refractivity contribution in [2.24, 2.45) is 5.92 Å². The van der Waals surface area contributed by atoms with Crippen LogP contribution in [0.4, 0.5) is 5.95 Å². The van der Waals surface area contributed by atoms with E-state index in [0.717, 1.165) is 13.1 Å². The zero-order chi connectivity index (χ0) is 17.5. The molecule has 2 heterocycles. The van der Waals surface area contributed by atoms with Crippen LogP contribution in [0.1, 0.15) is 27.7 Å². The van der Waals surface area contributed by atoms with E-state index in [1.807, 2.05) is 0 Å². The van der Waals surface area contributed by atoms with Gasteiger partial charge in [0.15, 0.2) is 0 Å². The molecule has 1 saturated heterocycles. The number of nitrogens with one attached hydrogen (secondary N) is 2. The van der Waals surface area contributed by atoms with Crippen LogP contribution < -0.4 is 10.6 Å². The molecule has 134 valence electrons. The summed E-state index contributed by atoms with van der Waals surface area (Å²) in [6.07, 6.45) is 3.67. The molecule has 1 aliphatic heterocycles. The van der Waals surface area contributed by atoms with Gasteiger partial charge in [-0.3, -0.25) is 9.69 Å². The first-order chi connectivity index (χ1) is 11.5. The number of amides is 1. The van der Waals surface area contributed by atoms with Crippen LogP contribution in [-0.4, -0.2) is 65.2 Å². The molecule has 0 aliphatic carbocycles. The van der Waals surface area contributed by atoms with Crippen LogP contribution in [0.15, 0.2) is 18.5 Å². The maximum absolute atomic E-state index is 12.7. The first-order valence-electron chi connectivity index (χ1n) is 8.65. The Kier molecular flexibility index (Phi) is 6.93. The number of carbonyl (C=O) groups is 1. The quantitative estimate of drug-likeness (QED) is 0.728. The van der Waals surface area contributed by atoms with E-state index in [-0.39, 0.29) is 30.1 Å². The second-order valence-corrected chi connectivity index (χ2v) is 6.69. The largest absolute Gasteiger partial charge is 0.373 e. The SMILES string of the molecule is CC(C)[C@@H](C(=O)NCCNc1ncccn1)N1C[C@@H](C)O[C@@H](C)C1. The van der Waals surface area contributed by atoms with Crippen LogP contribution in [0.25, 0.3) is 0 Å². The molecule has 1 aromatic rings. The Hall–Kier alpha value is -1.73. The number of aromatic nitrogens is 2. The average Bonchev–Trinajstić information content (AvgIpc) is 2.51. The monoisotopic (exact) mass is 335 g/mol. The van der Waals surface area contributed by atoms with Gasteiger partial charge in [0.05, 0.1) is 18.2 Å². The van der Waals surface area contributed by atoms with E-state index in [9.17, 15) is 4.79 Å². The van der Waals surface area contributed by atoms with Crippen molar-refractivity contribution in [2.75, 3.05) is 31.5 Å². The van der Waals surface area contributed by atoms with Crippen LogP contribution in [0.5, 0.6) is 0 Å². The van der Waals surface area contributed by atoms with Crippen LogP contribution in [-0.2, 0) is 9.53 Å². The van der Waals surface area contributed by atoms with Gasteiger partial charge in [-0.15, -0.1) is 0 Å². The first kappa shape index (κ1) is 18.6. The van der Waals surface area contributed by atoms with Gasteiger partial charge in [-0.2, -0.15) is 0 Å². The second kappa shape index (κ2) is 8.94. The predicted molar refractivity (Wildman–Crippen MR) is 93.7 cm³/mol. The lowest BCUT2D eigenvalue weighted by molar-refractivity contribution is -0.135. The Morgan fingerprint density at radius 3 is 2.46 bits per heavy atom. The highest BCUT2D eigenvalue weighted by Crippen LogP contribution is 2.18. The Bertz CT molecular complexity index is 501. The van der Waals surface area contributed by atoms with E-state index in [1.54, 1.807) is 18.5 Å². The number of hydrogen-bond acceptors (Lipinski definition) is 6. The minimum atomic E-state index is -0.133. The molecule has 1 amide bonds. The summed E-state index contributed by atoms with van der Waals surface area (Å²) in [5.74, 6) is 0.887. The molecule has 0 bridgehead atoms. The van der Waals surface area contributed by atoms with Gasteiger partial charge in [0.25, 0.3) is 0 Å². The minimum Gasteiger partial charge on any atom is -0.373 e. The molecule has 2 N–H and O–H groups in total. The smallest absolute Gasteiger partial charge is 0.237 e. The molecule has 1 aromatic heterocycles. The molecule has 0 aromatic carbocycles. The molecule has 1 fully saturated rings. The van der Waals surface area contributed by atoms with Crippen molar-refractivity contribution in [3.63, 3.8) is 0 Å². The topological polar surface area (TPSA) is 79.4 Å². The highest BCUT2D eigenvalue weighted by Gasteiger charge is 2.33. The van der Waals surface area contributed by atoms with E-state index in [4.69, 9.17) is 4.74 Å². The Morgan fingerprint density at radius 2 is 1.88 bits per heavy atom. The third-order valence-corrected chi connectivity index (χ3v) is 4.01. The van der Waals surface area contributed by atoms with Crippen molar-refractivity contribution in [2.45, 2.75) is 45.9 Å². The van der Waals surface area contributed by atoms with Gasteiger partial charge < -0.3 is 15.4 Å². The fraction of sp³-hybridized carbons (Fsp3) is 0.706. The zero-order valence-electron chi connectivity index (χ0n) is 15.0. The molecule has 24 heavy (non-hydrogen) atoms. The Balaban J connectivity index is 1.83. The highest BCUT2D eigenvalue weighted by atomic mass is 16.5. The third kappa shape index (κ3) is 5.42. The third-order valence-electron chi connectivity index (χ3n) is 4.01. The number of hydrogen-bond donors (Lipinski definition) is 2. The number of ether oxygens (including phenoxy) is 1. The maximum Gasteiger partial charge on any atom is 0.237 e. The van der Waals surface area contributed by atoms with E-state index in [2.05, 4.69) is 53.2 Å². The Labute approximate surface area is 144 Å². The summed E-state index contributed by atoms with van der Waals surface area (Å²) < 4.78 is 5.78. The molecule has 0 radical (unpaired) electrons. The lowest BCUT2D eigenvalue weighted by Crippen LogP contribution is -2.57. The van der Waals surface area contributed by atoms with Crippen LogP contribution in [0, 0.1) is 5.92 Å². The molecule has 0 saturated carbocycles. The molecule has 0 spiro atoms. The summed E-state index contributed by atoms with van der Waals surface area (Å²) in [6.45, 7) is 11.0. The molecule has 0 unspecified atom stereocenters. The number of anilines is 1. The average molecular weight is 335 g/mol. The molecular weight excluding hydrogens is 306 g/mol. The fourth-order valence-electron chi connectivity index (χ4n) is 3.19. The molecule has 1 aliphatic rings. The lowest BCUT2D eigenvalue weighted by Gasteiger charge is -2.41. The van der Waals surface area contributed by atoms with Gasteiger partial charge in [-0.25, -0.2) is 9.97 Å². The van der Waals surface area contributed by atoms with Crippen LogP contribution in [0.3, 0.4) is 0 Å². The second-order valence-electron chi connectivity index (χ2n) is 6.69. The normalized spacial score (nSPS) is 23.0. The van der Waals surface area contributed by atoms with E-state index < -0.39 is 0 Å². The summed E-state index contributed by atoms with van der Waals surface area (Å²) in [7, 11) is 0. The van der Waals surface area contributed by atoms with Crippen LogP contribution >= 0.6 is 0 Å². The Morgan fingerprint density at radius 1 is 1.25 bits per heavy atom. The highest BCUT2D eigenvalue weighted by molar-refractivity contribution is 5.82. The summed E-state index contributed by atoms with van der Waals surface area (Å²) in [5.41, 5.74) is 0. The van der Waals surface area contributed by atoms with Crippen molar-refractivity contribution >= 4 is 11.9 Å². The summed E-state index contributed by atoms with van der Waals surface area (Å²) in [6, 6.07) is 1.64. The van der Waals surface area contributed by atoms with Crippen molar-refractivity contribution in [1.29, 1.82) is 0 Å². The van der Waals surface area contributed by atoms with E-state index >= 15 is 0 Å². The predicted octanol–water partition coefficient (Wildman–Crippen LogP) is 1.14. The van der Waals surface area contributed by atoms with Crippen molar-refractivity contribution in [3.05, 3.63) is 18.5 Å². The minimum absolute atomic E-state index is 0.0714. The van der Waals surface area contributed by atoms with E-state index in [0.29, 0.717) is 19.0 Å². The van der Waals surface area contributed by atoms with E-state index in [1.165, 1.54) is 0 Å². The maximum atomic E-state index is 12.7.